The predicted molar refractivity (Wildman–Crippen MR) is 103 cm³/mol. The maximum atomic E-state index is 11.6. The first-order valence-electron chi connectivity index (χ1n) is 8.98. The molecule has 0 aromatic heterocycles. The van der Waals surface area contributed by atoms with Crippen LogP contribution in [-0.4, -0.2) is 21.4 Å². The van der Waals surface area contributed by atoms with Crippen molar-refractivity contribution in [3.05, 3.63) is 29.3 Å². The molecule has 4 heteroatoms. The van der Waals surface area contributed by atoms with Crippen molar-refractivity contribution in [2.24, 2.45) is 0 Å². The highest BCUT2D eigenvalue weighted by atomic mass is 28.4. The Morgan fingerprint density at radius 2 is 1.83 bits per heavy atom. The highest BCUT2D eigenvalue weighted by Crippen LogP contribution is 2.38. The number of rotatable bonds is 8. The Hall–Kier alpha value is -1.29. The molecule has 24 heavy (non-hydrogen) atoms. The van der Waals surface area contributed by atoms with Crippen molar-refractivity contribution in [3.8, 4) is 5.75 Å². The Kier molecular flexibility index (Phi) is 7.52. The average molecular weight is 351 g/mol. The second-order valence-corrected chi connectivity index (χ2v) is 12.7. The minimum Gasteiger partial charge on any atom is -0.543 e. The monoisotopic (exact) mass is 350 g/mol. The molecule has 0 unspecified atom stereocenters. The van der Waals surface area contributed by atoms with Gasteiger partial charge in [0.15, 0.2) is 0 Å². The molecule has 1 rings (SSSR count). The van der Waals surface area contributed by atoms with Gasteiger partial charge >= 0.3 is 5.97 Å². The summed E-state index contributed by atoms with van der Waals surface area (Å²) in [5.74, 6) is 0.742. The summed E-state index contributed by atoms with van der Waals surface area (Å²) in [6, 6.07) is 6.19. The number of carbonyl (C=O) groups excluding carboxylic acids is 1. The van der Waals surface area contributed by atoms with Crippen LogP contribution < -0.4 is 4.43 Å². The molecule has 0 amide bonds. The van der Waals surface area contributed by atoms with Crippen molar-refractivity contribution < 1.29 is 14.0 Å². The molecule has 3 nitrogen and oxygen atoms in total. The lowest BCUT2D eigenvalue weighted by atomic mass is 10.0. The summed E-state index contributed by atoms with van der Waals surface area (Å²) in [6.07, 6.45) is 4.92. The normalized spacial score (nSPS) is 12.1. The molecule has 0 N–H and O–H groups in total. The molecule has 0 bridgehead atoms. The van der Waals surface area contributed by atoms with Gasteiger partial charge in [0, 0.05) is 0 Å². The Labute approximate surface area is 148 Å². The molecule has 0 heterocycles. The number of aryl methyl sites for hydroxylation is 1. The highest BCUT2D eigenvalue weighted by molar-refractivity contribution is 6.74. The van der Waals surface area contributed by atoms with E-state index in [0.717, 1.165) is 17.7 Å². The van der Waals surface area contributed by atoms with Crippen LogP contribution in [0.15, 0.2) is 18.2 Å². The molecule has 0 radical (unpaired) electrons. The quantitative estimate of drug-likeness (QED) is 0.352. The van der Waals surface area contributed by atoms with Gasteiger partial charge < -0.3 is 9.16 Å². The molecule has 0 saturated carbocycles. The summed E-state index contributed by atoms with van der Waals surface area (Å²) in [5, 5.41) is 0.145. The molecule has 1 aromatic rings. The van der Waals surface area contributed by atoms with Gasteiger partial charge in [-0.1, -0.05) is 52.7 Å². The first kappa shape index (κ1) is 20.8. The largest absolute Gasteiger partial charge is 0.543 e. The van der Waals surface area contributed by atoms with Crippen LogP contribution in [0.5, 0.6) is 5.75 Å². The van der Waals surface area contributed by atoms with Gasteiger partial charge in [0.05, 0.1) is 13.5 Å². The van der Waals surface area contributed by atoms with Crippen LogP contribution in [0.25, 0.3) is 0 Å². The third-order valence-electron chi connectivity index (χ3n) is 4.93. The molecule has 0 saturated heterocycles. The molecular formula is C20H34O3Si. The number of hydrogen-bond acceptors (Lipinski definition) is 3. The maximum absolute atomic E-state index is 11.6. The zero-order valence-electron chi connectivity index (χ0n) is 16.5. The zero-order chi connectivity index (χ0) is 18.4. The smallest absolute Gasteiger partial charge is 0.309 e. The molecule has 0 aliphatic heterocycles. The van der Waals surface area contributed by atoms with Crippen LogP contribution >= 0.6 is 0 Å². The summed E-state index contributed by atoms with van der Waals surface area (Å²) < 4.78 is 11.4. The van der Waals surface area contributed by atoms with E-state index in [9.17, 15) is 4.79 Å². The Balaban J connectivity index is 3.09. The first-order valence-corrected chi connectivity index (χ1v) is 11.9. The third-order valence-corrected chi connectivity index (χ3v) is 9.27. The van der Waals surface area contributed by atoms with Gasteiger partial charge in [0.25, 0.3) is 0 Å². The molecule has 0 atom stereocenters. The van der Waals surface area contributed by atoms with E-state index in [4.69, 9.17) is 9.16 Å². The second-order valence-electron chi connectivity index (χ2n) is 8.01. The van der Waals surface area contributed by atoms with Gasteiger partial charge in [0.1, 0.15) is 5.75 Å². The third kappa shape index (κ3) is 5.97. The van der Waals surface area contributed by atoms with Crippen LogP contribution in [0.4, 0.5) is 0 Å². The Morgan fingerprint density at radius 3 is 2.38 bits per heavy atom. The predicted octanol–water partition coefficient (Wildman–Crippen LogP) is 5.52. The van der Waals surface area contributed by atoms with Crippen LogP contribution in [0.3, 0.4) is 0 Å². The van der Waals surface area contributed by atoms with E-state index in [1.54, 1.807) is 0 Å². The van der Waals surface area contributed by atoms with Gasteiger partial charge in [-0.05, 0) is 48.2 Å². The number of unbranched alkanes of at least 4 members (excludes halogenated alkanes) is 2. The minimum absolute atomic E-state index is 0.145. The Bertz CT molecular complexity index is 544. The van der Waals surface area contributed by atoms with E-state index in [-0.39, 0.29) is 11.0 Å². The standard InChI is InChI=1S/C20H34O3Si/c1-8-9-10-11-17-13-12-16(15-19(21)22-5)14-18(17)23-24(6,7)20(2,3)4/h12-14H,8-11,15H2,1-7H3. The van der Waals surface area contributed by atoms with Crippen molar-refractivity contribution >= 4 is 14.3 Å². The van der Waals surface area contributed by atoms with E-state index in [0.29, 0.717) is 6.42 Å². The van der Waals surface area contributed by atoms with E-state index < -0.39 is 8.32 Å². The topological polar surface area (TPSA) is 35.5 Å². The van der Waals surface area contributed by atoms with Gasteiger partial charge in [0.2, 0.25) is 8.32 Å². The number of hydrogen-bond donors (Lipinski definition) is 0. The summed E-state index contributed by atoms with van der Waals surface area (Å²) in [4.78, 5) is 11.6. The number of benzene rings is 1. The fraction of sp³-hybridized carbons (Fsp3) is 0.650. The van der Waals surface area contributed by atoms with Crippen LogP contribution in [0.2, 0.25) is 18.1 Å². The lowest BCUT2D eigenvalue weighted by Gasteiger charge is -2.37. The number of ether oxygens (including phenoxy) is 1. The van der Waals surface area contributed by atoms with Gasteiger partial charge in [-0.2, -0.15) is 0 Å². The molecule has 1 aromatic carbocycles. The van der Waals surface area contributed by atoms with Gasteiger partial charge in [-0.25, -0.2) is 0 Å². The molecule has 136 valence electrons. The van der Waals surface area contributed by atoms with Crippen molar-refractivity contribution in [2.75, 3.05) is 7.11 Å². The first-order chi connectivity index (χ1) is 11.1. The average Bonchev–Trinajstić information content (AvgIpc) is 2.48. The van der Waals surface area contributed by atoms with Crippen molar-refractivity contribution in [3.63, 3.8) is 0 Å². The molecule has 0 spiro atoms. The lowest BCUT2D eigenvalue weighted by Crippen LogP contribution is -2.44. The van der Waals surface area contributed by atoms with E-state index in [1.807, 2.05) is 12.1 Å². The summed E-state index contributed by atoms with van der Waals surface area (Å²) in [6.45, 7) is 13.5. The maximum Gasteiger partial charge on any atom is 0.309 e. The lowest BCUT2D eigenvalue weighted by molar-refractivity contribution is -0.139. The summed E-state index contributed by atoms with van der Waals surface area (Å²) in [5.41, 5.74) is 2.21. The summed E-state index contributed by atoms with van der Waals surface area (Å²) >= 11 is 0. The van der Waals surface area contributed by atoms with Gasteiger partial charge in [-0.3, -0.25) is 4.79 Å². The van der Waals surface area contributed by atoms with E-state index in [1.165, 1.54) is 31.9 Å². The summed E-state index contributed by atoms with van der Waals surface area (Å²) in [7, 11) is -0.487. The molecule has 0 fully saturated rings. The van der Waals surface area contributed by atoms with E-state index in [2.05, 4.69) is 46.9 Å². The van der Waals surface area contributed by atoms with Crippen LogP contribution in [0, 0.1) is 0 Å². The van der Waals surface area contributed by atoms with Crippen molar-refractivity contribution in [1.29, 1.82) is 0 Å². The fourth-order valence-electron chi connectivity index (χ4n) is 2.24. The molecule has 0 aliphatic carbocycles. The number of carbonyl (C=O) groups is 1. The van der Waals surface area contributed by atoms with Crippen LogP contribution in [-0.2, 0) is 22.4 Å². The van der Waals surface area contributed by atoms with Crippen molar-refractivity contribution in [2.45, 2.75) is 77.9 Å². The van der Waals surface area contributed by atoms with E-state index >= 15 is 0 Å². The van der Waals surface area contributed by atoms with Gasteiger partial charge in [-0.15, -0.1) is 0 Å². The number of esters is 1. The minimum atomic E-state index is -1.91. The molecule has 0 aliphatic rings. The molecular weight excluding hydrogens is 316 g/mol. The number of methoxy groups -OCH3 is 1. The SMILES string of the molecule is CCCCCc1ccc(CC(=O)OC)cc1O[Si](C)(C)C(C)(C)C. The zero-order valence-corrected chi connectivity index (χ0v) is 17.5. The highest BCUT2D eigenvalue weighted by Gasteiger charge is 2.39. The van der Waals surface area contributed by atoms with Crippen LogP contribution in [0.1, 0.15) is 58.1 Å². The fourth-order valence-corrected chi connectivity index (χ4v) is 3.29. The van der Waals surface area contributed by atoms with Crippen molar-refractivity contribution in [1.82, 2.24) is 0 Å². The second kappa shape index (κ2) is 8.70. The Morgan fingerprint density at radius 1 is 1.17 bits per heavy atom.